The van der Waals surface area contributed by atoms with Crippen molar-refractivity contribution in [2.75, 3.05) is 32.5 Å². The first kappa shape index (κ1) is 15.2. The van der Waals surface area contributed by atoms with E-state index in [-0.39, 0.29) is 11.5 Å². The summed E-state index contributed by atoms with van der Waals surface area (Å²) in [6.07, 6.45) is 5.52. The van der Waals surface area contributed by atoms with Crippen LogP contribution in [0, 0.1) is 11.3 Å². The van der Waals surface area contributed by atoms with Crippen LogP contribution in [-0.2, 0) is 14.8 Å². The molecule has 0 aromatic heterocycles. The Morgan fingerprint density at radius 3 is 2.74 bits per heavy atom. The maximum Gasteiger partial charge on any atom is 0.211 e. The molecule has 2 aliphatic rings. The SMILES string of the molecule is CC1OCCC1(CN)CC1CCCN(S(C)(=O)=O)C1. The maximum absolute atomic E-state index is 11.7. The third-order valence-corrected chi connectivity index (χ3v) is 6.15. The summed E-state index contributed by atoms with van der Waals surface area (Å²) in [6, 6.07) is 0. The normalized spacial score (nSPS) is 37.6. The van der Waals surface area contributed by atoms with Gasteiger partial charge in [0.05, 0.1) is 12.4 Å². The molecule has 2 heterocycles. The maximum atomic E-state index is 11.7. The van der Waals surface area contributed by atoms with Gasteiger partial charge in [0.1, 0.15) is 0 Å². The van der Waals surface area contributed by atoms with Crippen LogP contribution in [0.3, 0.4) is 0 Å². The zero-order chi connectivity index (χ0) is 14.1. The van der Waals surface area contributed by atoms with Crippen molar-refractivity contribution in [2.45, 2.75) is 38.7 Å². The average molecular weight is 290 g/mol. The summed E-state index contributed by atoms with van der Waals surface area (Å²) < 4.78 is 30.6. The van der Waals surface area contributed by atoms with Crippen molar-refractivity contribution >= 4 is 10.0 Å². The van der Waals surface area contributed by atoms with Crippen molar-refractivity contribution in [1.29, 1.82) is 0 Å². The van der Waals surface area contributed by atoms with Crippen LogP contribution in [0.5, 0.6) is 0 Å². The number of hydrogen-bond donors (Lipinski definition) is 1. The fourth-order valence-electron chi connectivity index (χ4n) is 3.51. The van der Waals surface area contributed by atoms with Crippen LogP contribution >= 0.6 is 0 Å². The Balaban J connectivity index is 2.02. The number of nitrogens with two attached hydrogens (primary N) is 1. The highest BCUT2D eigenvalue weighted by Crippen LogP contribution is 2.41. The molecular weight excluding hydrogens is 264 g/mol. The van der Waals surface area contributed by atoms with E-state index in [1.54, 1.807) is 4.31 Å². The van der Waals surface area contributed by atoms with E-state index in [4.69, 9.17) is 10.5 Å². The molecule has 0 radical (unpaired) electrons. The number of hydrogen-bond acceptors (Lipinski definition) is 4. The Hall–Kier alpha value is -0.170. The molecule has 0 aromatic carbocycles. The van der Waals surface area contributed by atoms with E-state index in [2.05, 4.69) is 6.92 Å². The Labute approximate surface area is 116 Å². The van der Waals surface area contributed by atoms with Gasteiger partial charge in [-0.1, -0.05) is 0 Å². The van der Waals surface area contributed by atoms with Gasteiger partial charge in [-0.05, 0) is 38.5 Å². The van der Waals surface area contributed by atoms with Gasteiger partial charge < -0.3 is 10.5 Å². The Morgan fingerprint density at radius 2 is 2.21 bits per heavy atom. The summed E-state index contributed by atoms with van der Waals surface area (Å²) in [6.45, 7) is 4.81. The van der Waals surface area contributed by atoms with Crippen molar-refractivity contribution in [3.05, 3.63) is 0 Å². The highest BCUT2D eigenvalue weighted by Gasteiger charge is 2.42. The molecule has 3 unspecified atom stereocenters. The average Bonchev–Trinajstić information content (AvgIpc) is 2.71. The fourth-order valence-corrected chi connectivity index (χ4v) is 4.45. The van der Waals surface area contributed by atoms with E-state index in [0.29, 0.717) is 25.6 Å². The second kappa shape index (κ2) is 5.68. The van der Waals surface area contributed by atoms with E-state index in [1.165, 1.54) is 6.26 Å². The first-order chi connectivity index (χ1) is 8.87. The molecule has 6 heteroatoms. The molecule has 2 N–H and O–H groups in total. The van der Waals surface area contributed by atoms with Crippen molar-refractivity contribution in [3.8, 4) is 0 Å². The molecule has 5 nitrogen and oxygen atoms in total. The first-order valence-electron chi connectivity index (χ1n) is 7.14. The molecule has 19 heavy (non-hydrogen) atoms. The van der Waals surface area contributed by atoms with Gasteiger partial charge in [0.15, 0.2) is 0 Å². The summed E-state index contributed by atoms with van der Waals surface area (Å²) >= 11 is 0. The molecule has 2 saturated heterocycles. The minimum atomic E-state index is -3.06. The van der Waals surface area contributed by atoms with Crippen molar-refractivity contribution in [2.24, 2.45) is 17.1 Å². The summed E-state index contributed by atoms with van der Waals surface area (Å²) in [7, 11) is -3.06. The molecule has 0 saturated carbocycles. The number of rotatable bonds is 4. The minimum Gasteiger partial charge on any atom is -0.378 e. The third kappa shape index (κ3) is 3.29. The zero-order valence-electron chi connectivity index (χ0n) is 12.0. The van der Waals surface area contributed by atoms with E-state index in [1.807, 2.05) is 0 Å². The summed E-state index contributed by atoms with van der Waals surface area (Å²) in [5.74, 6) is 0.413. The van der Waals surface area contributed by atoms with Crippen LogP contribution in [-0.4, -0.2) is 51.3 Å². The van der Waals surface area contributed by atoms with E-state index < -0.39 is 10.0 Å². The van der Waals surface area contributed by atoms with Crippen LogP contribution < -0.4 is 5.73 Å². The highest BCUT2D eigenvalue weighted by atomic mass is 32.2. The topological polar surface area (TPSA) is 72.6 Å². The van der Waals surface area contributed by atoms with Gasteiger partial charge in [-0.3, -0.25) is 0 Å². The minimum absolute atomic E-state index is 0.0468. The van der Waals surface area contributed by atoms with Crippen molar-refractivity contribution < 1.29 is 13.2 Å². The molecule has 2 rings (SSSR count). The number of piperidine rings is 1. The quantitative estimate of drug-likeness (QED) is 0.831. The lowest BCUT2D eigenvalue weighted by Crippen LogP contribution is -2.44. The van der Waals surface area contributed by atoms with Gasteiger partial charge in [0.25, 0.3) is 0 Å². The van der Waals surface area contributed by atoms with Crippen LogP contribution in [0.15, 0.2) is 0 Å². The highest BCUT2D eigenvalue weighted by molar-refractivity contribution is 7.88. The molecule has 0 aromatic rings. The molecule has 3 atom stereocenters. The fraction of sp³-hybridized carbons (Fsp3) is 1.00. The monoisotopic (exact) mass is 290 g/mol. The van der Waals surface area contributed by atoms with E-state index in [9.17, 15) is 8.42 Å². The largest absolute Gasteiger partial charge is 0.378 e. The van der Waals surface area contributed by atoms with Crippen molar-refractivity contribution in [3.63, 3.8) is 0 Å². The molecule has 0 amide bonds. The lowest BCUT2D eigenvalue weighted by molar-refractivity contribution is 0.0479. The lowest BCUT2D eigenvalue weighted by atomic mass is 9.73. The van der Waals surface area contributed by atoms with E-state index >= 15 is 0 Å². The Bertz CT molecular complexity index is 412. The molecule has 2 aliphatic heterocycles. The molecular formula is C13H26N2O3S. The number of ether oxygens (including phenoxy) is 1. The van der Waals surface area contributed by atoms with E-state index in [0.717, 1.165) is 32.3 Å². The van der Waals surface area contributed by atoms with Gasteiger partial charge in [-0.2, -0.15) is 0 Å². The number of nitrogens with zero attached hydrogens (tertiary/aromatic N) is 1. The van der Waals surface area contributed by atoms with Crippen molar-refractivity contribution in [1.82, 2.24) is 4.31 Å². The second-order valence-corrected chi connectivity index (χ2v) is 8.15. The molecule has 2 fully saturated rings. The van der Waals surface area contributed by atoms with Gasteiger partial charge in [-0.25, -0.2) is 12.7 Å². The van der Waals surface area contributed by atoms with Crippen LogP contribution in [0.1, 0.15) is 32.6 Å². The molecule has 0 bridgehead atoms. The van der Waals surface area contributed by atoms with Crippen LogP contribution in [0.4, 0.5) is 0 Å². The molecule has 112 valence electrons. The van der Waals surface area contributed by atoms with Gasteiger partial charge in [0.2, 0.25) is 10.0 Å². The third-order valence-electron chi connectivity index (χ3n) is 4.88. The number of sulfonamides is 1. The predicted molar refractivity (Wildman–Crippen MR) is 75.3 cm³/mol. The summed E-state index contributed by atoms with van der Waals surface area (Å²) in [4.78, 5) is 0. The van der Waals surface area contributed by atoms with Crippen LogP contribution in [0.2, 0.25) is 0 Å². The van der Waals surface area contributed by atoms with Gasteiger partial charge in [0, 0.05) is 31.7 Å². The molecule has 0 aliphatic carbocycles. The standard InChI is InChI=1S/C13H26N2O3S/c1-11-13(10-14,5-7-18-11)8-12-4-3-6-15(9-12)19(2,16)17/h11-12H,3-10,14H2,1-2H3. The van der Waals surface area contributed by atoms with Gasteiger partial charge in [-0.15, -0.1) is 0 Å². The van der Waals surface area contributed by atoms with Crippen LogP contribution in [0.25, 0.3) is 0 Å². The second-order valence-electron chi connectivity index (χ2n) is 6.16. The Kier molecular flexibility index (Phi) is 4.55. The summed E-state index contributed by atoms with van der Waals surface area (Å²) in [5, 5.41) is 0. The Morgan fingerprint density at radius 1 is 1.47 bits per heavy atom. The van der Waals surface area contributed by atoms with Gasteiger partial charge >= 0.3 is 0 Å². The summed E-state index contributed by atoms with van der Waals surface area (Å²) in [5.41, 5.74) is 6.03. The predicted octanol–water partition coefficient (Wildman–Crippen LogP) is 0.802. The lowest BCUT2D eigenvalue weighted by Gasteiger charge is -2.38. The zero-order valence-corrected chi connectivity index (χ0v) is 12.8. The molecule has 0 spiro atoms. The first-order valence-corrected chi connectivity index (χ1v) is 8.99. The smallest absolute Gasteiger partial charge is 0.211 e.